The van der Waals surface area contributed by atoms with Gasteiger partial charge in [-0.05, 0) is 24.5 Å². The zero-order chi connectivity index (χ0) is 19.0. The maximum atomic E-state index is 13.6. The van der Waals surface area contributed by atoms with Gasteiger partial charge >= 0.3 is 0 Å². The summed E-state index contributed by atoms with van der Waals surface area (Å²) in [7, 11) is 1.48. The number of hydroxylamine groups is 1. The number of fused-ring (bicyclic) bond motifs is 2. The molecule has 0 radical (unpaired) electrons. The standard InChI is InChI=1S/C20H26N2O5/c1-3-19(10-23)15-11-9-27-17(16(15)24)20(8-13(11)21-19)12-6-4-5-7-14(12)22(26-2)18(20)25/h4-7,11,13,15-17,21,23-24H,3,8-10H2,1-2H3. The third-order valence-electron chi connectivity index (χ3n) is 7.53. The lowest BCUT2D eigenvalue weighted by Gasteiger charge is -2.47. The molecule has 7 nitrogen and oxygen atoms in total. The Morgan fingerprint density at radius 1 is 1.41 bits per heavy atom. The highest BCUT2D eigenvalue weighted by Crippen LogP contribution is 2.58. The second kappa shape index (κ2) is 5.75. The van der Waals surface area contributed by atoms with Crippen molar-refractivity contribution in [3.63, 3.8) is 0 Å². The highest BCUT2D eigenvalue weighted by molar-refractivity contribution is 6.07. The zero-order valence-corrected chi connectivity index (χ0v) is 15.6. The van der Waals surface area contributed by atoms with Crippen LogP contribution in [0.2, 0.25) is 0 Å². The van der Waals surface area contributed by atoms with Gasteiger partial charge < -0.3 is 20.3 Å². The number of ether oxygens (including phenoxy) is 1. The van der Waals surface area contributed by atoms with Gasteiger partial charge in [-0.2, -0.15) is 5.06 Å². The smallest absolute Gasteiger partial charge is 0.264 e. The third kappa shape index (κ3) is 1.91. The van der Waals surface area contributed by atoms with Crippen molar-refractivity contribution in [3.05, 3.63) is 29.8 Å². The molecule has 1 amide bonds. The lowest BCUT2D eigenvalue weighted by molar-refractivity contribution is -0.167. The summed E-state index contributed by atoms with van der Waals surface area (Å²) in [6.07, 6.45) is -0.262. The van der Waals surface area contributed by atoms with E-state index in [2.05, 4.69) is 5.32 Å². The molecule has 6 rings (SSSR count). The summed E-state index contributed by atoms with van der Waals surface area (Å²) in [5.41, 5.74) is 0.0520. The van der Waals surface area contributed by atoms with Crippen LogP contribution in [-0.4, -0.2) is 60.2 Å². The Bertz CT molecular complexity index is 781. The number of rotatable bonds is 3. The van der Waals surface area contributed by atoms with Crippen LogP contribution in [0.4, 0.5) is 5.69 Å². The average Bonchev–Trinajstić information content (AvgIpc) is 3.03. The van der Waals surface area contributed by atoms with Crippen molar-refractivity contribution in [2.75, 3.05) is 25.4 Å². The van der Waals surface area contributed by atoms with E-state index in [1.165, 1.54) is 12.2 Å². The minimum atomic E-state index is -0.984. The summed E-state index contributed by atoms with van der Waals surface area (Å²) < 4.78 is 6.16. The Hall–Kier alpha value is -1.51. The average molecular weight is 374 g/mol. The summed E-state index contributed by atoms with van der Waals surface area (Å²) in [5.74, 6) is -0.261. The Labute approximate surface area is 158 Å². The third-order valence-corrected chi connectivity index (χ3v) is 7.53. The van der Waals surface area contributed by atoms with Crippen LogP contribution in [0.5, 0.6) is 0 Å². The molecule has 0 aromatic heterocycles. The molecule has 5 aliphatic rings. The van der Waals surface area contributed by atoms with Gasteiger partial charge in [-0.3, -0.25) is 9.63 Å². The van der Waals surface area contributed by atoms with Gasteiger partial charge in [0, 0.05) is 23.4 Å². The Kier molecular flexibility index (Phi) is 3.74. The molecule has 7 unspecified atom stereocenters. The number of amides is 1. The molecule has 1 aliphatic carbocycles. The Balaban J connectivity index is 1.69. The van der Waals surface area contributed by atoms with Crippen LogP contribution in [0.25, 0.3) is 0 Å². The molecule has 1 spiro atoms. The van der Waals surface area contributed by atoms with Gasteiger partial charge in [0.05, 0.1) is 32.1 Å². The number of hydrogen-bond acceptors (Lipinski definition) is 6. The fourth-order valence-electron chi connectivity index (χ4n) is 6.32. The van der Waals surface area contributed by atoms with Crippen LogP contribution < -0.4 is 10.4 Å². The van der Waals surface area contributed by atoms with Gasteiger partial charge in [0.2, 0.25) is 0 Å². The monoisotopic (exact) mass is 374 g/mol. The van der Waals surface area contributed by atoms with Crippen LogP contribution in [-0.2, 0) is 19.8 Å². The highest BCUT2D eigenvalue weighted by atomic mass is 16.7. The van der Waals surface area contributed by atoms with E-state index in [0.29, 0.717) is 25.1 Å². The second-order valence-corrected chi connectivity index (χ2v) is 8.33. The fraction of sp³-hybridized carbons (Fsp3) is 0.650. The number of benzene rings is 1. The molecule has 4 bridgehead atoms. The van der Waals surface area contributed by atoms with Crippen molar-refractivity contribution in [1.82, 2.24) is 5.32 Å². The number of aliphatic hydroxyl groups is 2. The van der Waals surface area contributed by atoms with Crippen molar-refractivity contribution < 1.29 is 24.6 Å². The largest absolute Gasteiger partial charge is 0.394 e. The Morgan fingerprint density at radius 2 is 2.19 bits per heavy atom. The predicted octanol–water partition coefficient (Wildman–Crippen LogP) is 0.341. The fourth-order valence-corrected chi connectivity index (χ4v) is 6.32. The van der Waals surface area contributed by atoms with Crippen molar-refractivity contribution in [2.24, 2.45) is 11.8 Å². The molecule has 7 heteroatoms. The minimum Gasteiger partial charge on any atom is -0.394 e. The second-order valence-electron chi connectivity index (χ2n) is 8.33. The minimum absolute atomic E-state index is 0.0157. The predicted molar refractivity (Wildman–Crippen MR) is 97.0 cm³/mol. The van der Waals surface area contributed by atoms with Crippen molar-refractivity contribution >= 4 is 11.6 Å². The van der Waals surface area contributed by atoms with Gasteiger partial charge in [-0.25, -0.2) is 0 Å². The summed E-state index contributed by atoms with van der Waals surface area (Å²) in [4.78, 5) is 19.0. The van der Waals surface area contributed by atoms with E-state index >= 15 is 0 Å². The van der Waals surface area contributed by atoms with Gasteiger partial charge in [0.1, 0.15) is 11.5 Å². The number of carbonyl (C=O) groups excluding carboxylic acids is 1. The highest BCUT2D eigenvalue weighted by Gasteiger charge is 2.70. The van der Waals surface area contributed by atoms with E-state index in [9.17, 15) is 15.0 Å². The number of aliphatic hydroxyl groups excluding tert-OH is 2. The van der Waals surface area contributed by atoms with Crippen LogP contribution in [0, 0.1) is 11.8 Å². The first-order chi connectivity index (χ1) is 13.0. The van der Waals surface area contributed by atoms with Gasteiger partial charge in [0.25, 0.3) is 5.91 Å². The molecule has 4 fully saturated rings. The molecule has 3 N–H and O–H groups in total. The van der Waals surface area contributed by atoms with E-state index in [-0.39, 0.29) is 30.4 Å². The van der Waals surface area contributed by atoms with Crippen molar-refractivity contribution in [3.8, 4) is 0 Å². The summed E-state index contributed by atoms with van der Waals surface area (Å²) in [6.45, 7) is 2.47. The lowest BCUT2D eigenvalue weighted by atomic mass is 9.67. The number of nitrogens with zero attached hydrogens (tertiary/aromatic N) is 1. The summed E-state index contributed by atoms with van der Waals surface area (Å²) in [6, 6.07) is 7.57. The van der Waals surface area contributed by atoms with Gasteiger partial charge in [-0.1, -0.05) is 25.1 Å². The molecule has 4 aliphatic heterocycles. The molecular formula is C20H26N2O5. The quantitative estimate of drug-likeness (QED) is 0.707. The molecule has 7 atom stereocenters. The van der Waals surface area contributed by atoms with E-state index in [1.54, 1.807) is 0 Å². The molecule has 1 aromatic carbocycles. The maximum Gasteiger partial charge on any atom is 0.264 e. The molecule has 1 saturated carbocycles. The van der Waals surface area contributed by atoms with Crippen molar-refractivity contribution in [1.29, 1.82) is 0 Å². The molecule has 146 valence electrons. The summed E-state index contributed by atoms with van der Waals surface area (Å²) >= 11 is 0. The zero-order valence-electron chi connectivity index (χ0n) is 15.6. The number of anilines is 1. The van der Waals surface area contributed by atoms with Crippen LogP contribution in [0.1, 0.15) is 25.3 Å². The van der Waals surface area contributed by atoms with E-state index in [4.69, 9.17) is 9.57 Å². The van der Waals surface area contributed by atoms with Gasteiger partial charge in [0.15, 0.2) is 0 Å². The SMILES string of the molecule is CCC1(CO)NC2CC3(C(=O)N(OC)c4ccccc43)C3OCC2C1C3O. The molecular weight excluding hydrogens is 348 g/mol. The normalized spacial score (nSPS) is 44.8. The van der Waals surface area contributed by atoms with E-state index in [0.717, 1.165) is 5.56 Å². The summed E-state index contributed by atoms with van der Waals surface area (Å²) in [5, 5.41) is 26.5. The van der Waals surface area contributed by atoms with Gasteiger partial charge in [-0.15, -0.1) is 0 Å². The first-order valence-corrected chi connectivity index (χ1v) is 9.70. The molecule has 27 heavy (non-hydrogen) atoms. The molecule has 3 saturated heterocycles. The topological polar surface area (TPSA) is 91.3 Å². The van der Waals surface area contributed by atoms with E-state index in [1.807, 2.05) is 31.2 Å². The van der Waals surface area contributed by atoms with E-state index < -0.39 is 23.2 Å². The lowest BCUT2D eigenvalue weighted by Crippen LogP contribution is -2.64. The number of nitrogens with one attached hydrogen (secondary N) is 1. The molecule has 4 heterocycles. The van der Waals surface area contributed by atoms with Crippen LogP contribution in [0.15, 0.2) is 24.3 Å². The first-order valence-electron chi connectivity index (χ1n) is 9.70. The van der Waals surface area contributed by atoms with Crippen molar-refractivity contribution in [2.45, 2.75) is 49.0 Å². The Morgan fingerprint density at radius 3 is 2.89 bits per heavy atom. The first kappa shape index (κ1) is 17.6. The van der Waals surface area contributed by atoms with Crippen LogP contribution >= 0.6 is 0 Å². The maximum absolute atomic E-state index is 13.6. The number of carbonyl (C=O) groups is 1. The molecule has 1 aromatic rings. The number of para-hydroxylation sites is 1. The number of hydrogen-bond donors (Lipinski definition) is 3. The van der Waals surface area contributed by atoms with Crippen LogP contribution in [0.3, 0.4) is 0 Å².